The minimum atomic E-state index is 0. The summed E-state index contributed by atoms with van der Waals surface area (Å²) >= 11 is 0. The number of hydrogen-bond acceptors (Lipinski definition) is 4. The lowest BCUT2D eigenvalue weighted by atomic mass is 10.1. The molecule has 1 aliphatic heterocycles. The fourth-order valence-corrected chi connectivity index (χ4v) is 4.03. The summed E-state index contributed by atoms with van der Waals surface area (Å²) in [6.07, 6.45) is 8.16. The number of aliphatic imine (C=N–C) groups is 1. The Morgan fingerprint density at radius 3 is 2.79 bits per heavy atom. The number of hydrogen-bond donors (Lipinski definition) is 2. The third-order valence-electron chi connectivity index (χ3n) is 5.51. The molecule has 0 spiro atoms. The number of aromatic nitrogens is 3. The van der Waals surface area contributed by atoms with Crippen LogP contribution in [0.5, 0.6) is 0 Å². The summed E-state index contributed by atoms with van der Waals surface area (Å²) in [6, 6.07) is 0.272. The maximum atomic E-state index is 12.6. The molecular weight excluding hydrogens is 469 g/mol. The second-order valence-electron chi connectivity index (χ2n) is 7.45. The van der Waals surface area contributed by atoms with Crippen molar-refractivity contribution in [1.29, 1.82) is 0 Å². The van der Waals surface area contributed by atoms with Gasteiger partial charge in [-0.15, -0.1) is 34.2 Å². The van der Waals surface area contributed by atoms with Crippen LogP contribution in [0.1, 0.15) is 51.8 Å². The fourth-order valence-electron chi connectivity index (χ4n) is 4.03. The smallest absolute Gasteiger partial charge is 0.225 e. The molecule has 1 aromatic rings. The zero-order chi connectivity index (χ0) is 19.1. The van der Waals surface area contributed by atoms with E-state index in [0.717, 1.165) is 63.6 Å². The van der Waals surface area contributed by atoms with Crippen molar-refractivity contribution in [2.24, 2.45) is 10.9 Å². The molecule has 0 bridgehead atoms. The Bertz CT molecular complexity index is 642. The first kappa shape index (κ1) is 22.9. The summed E-state index contributed by atoms with van der Waals surface area (Å²) in [5.74, 6) is 2.43. The fraction of sp³-hybridized carbons (Fsp3) is 0.789. The molecule has 1 saturated carbocycles. The number of nitrogens with zero attached hydrogens (tertiary/aromatic N) is 5. The maximum absolute atomic E-state index is 12.6. The molecule has 1 amide bonds. The van der Waals surface area contributed by atoms with Gasteiger partial charge in [0.25, 0.3) is 0 Å². The van der Waals surface area contributed by atoms with E-state index >= 15 is 0 Å². The normalized spacial score (nSPS) is 20.3. The van der Waals surface area contributed by atoms with Gasteiger partial charge in [-0.05, 0) is 26.2 Å². The van der Waals surface area contributed by atoms with Gasteiger partial charge in [-0.1, -0.05) is 19.8 Å². The molecule has 9 heteroatoms. The number of likely N-dealkylation sites (tertiary alicyclic amines) is 1. The first-order valence-electron chi connectivity index (χ1n) is 10.4. The molecule has 28 heavy (non-hydrogen) atoms. The molecule has 2 heterocycles. The van der Waals surface area contributed by atoms with Crippen LogP contribution in [-0.2, 0) is 17.8 Å². The van der Waals surface area contributed by atoms with Gasteiger partial charge in [-0.2, -0.15) is 0 Å². The quantitative estimate of drug-likeness (QED) is 0.337. The summed E-state index contributed by atoms with van der Waals surface area (Å²) in [5.41, 5.74) is 0. The van der Waals surface area contributed by atoms with Crippen LogP contribution in [-0.4, -0.2) is 63.8 Å². The molecule has 1 saturated heterocycles. The molecule has 1 unspecified atom stereocenters. The summed E-state index contributed by atoms with van der Waals surface area (Å²) in [6.45, 7) is 8.03. The molecule has 2 fully saturated rings. The summed E-state index contributed by atoms with van der Waals surface area (Å²) in [5, 5.41) is 14.9. The Balaban J connectivity index is 0.00000280. The summed E-state index contributed by atoms with van der Waals surface area (Å²) < 4.78 is 2.05. The van der Waals surface area contributed by atoms with E-state index in [9.17, 15) is 4.79 Å². The summed E-state index contributed by atoms with van der Waals surface area (Å²) in [4.78, 5) is 19.3. The Labute approximate surface area is 185 Å². The van der Waals surface area contributed by atoms with Gasteiger partial charge in [-0.25, -0.2) is 0 Å². The lowest BCUT2D eigenvalue weighted by Crippen LogP contribution is -2.45. The number of halogens is 1. The lowest BCUT2D eigenvalue weighted by Gasteiger charge is -2.21. The van der Waals surface area contributed by atoms with E-state index in [1.54, 1.807) is 6.33 Å². The van der Waals surface area contributed by atoms with E-state index in [2.05, 4.69) is 39.7 Å². The van der Waals surface area contributed by atoms with Crippen molar-refractivity contribution in [3.8, 4) is 0 Å². The molecule has 0 aromatic carbocycles. The average Bonchev–Trinajstić information content (AvgIpc) is 3.43. The van der Waals surface area contributed by atoms with Gasteiger partial charge < -0.3 is 20.1 Å². The third-order valence-corrected chi connectivity index (χ3v) is 5.51. The number of nitrogens with one attached hydrogen (secondary N) is 2. The second-order valence-corrected chi connectivity index (χ2v) is 7.45. The van der Waals surface area contributed by atoms with Crippen LogP contribution in [0, 0.1) is 5.92 Å². The van der Waals surface area contributed by atoms with E-state index < -0.39 is 0 Å². The Kier molecular flexibility index (Phi) is 9.46. The topological polar surface area (TPSA) is 87.4 Å². The van der Waals surface area contributed by atoms with E-state index in [1.165, 1.54) is 12.8 Å². The van der Waals surface area contributed by atoms with Crippen molar-refractivity contribution in [1.82, 2.24) is 30.3 Å². The molecule has 2 aliphatic rings. The number of rotatable bonds is 7. The van der Waals surface area contributed by atoms with E-state index in [4.69, 9.17) is 0 Å². The highest BCUT2D eigenvalue weighted by Gasteiger charge is 2.32. The molecule has 1 atom stereocenters. The molecule has 0 radical (unpaired) electrons. The van der Waals surface area contributed by atoms with E-state index in [-0.39, 0.29) is 35.9 Å². The highest BCUT2D eigenvalue weighted by molar-refractivity contribution is 14.0. The second kappa shape index (κ2) is 11.6. The van der Waals surface area contributed by atoms with Crippen molar-refractivity contribution >= 4 is 35.8 Å². The molecule has 1 aliphatic carbocycles. The van der Waals surface area contributed by atoms with Crippen LogP contribution < -0.4 is 10.6 Å². The molecule has 1 aromatic heterocycles. The molecule has 3 rings (SSSR count). The minimum absolute atomic E-state index is 0. The number of carbonyl (C=O) groups is 1. The number of aryl methyl sites for hydroxylation is 1. The van der Waals surface area contributed by atoms with E-state index in [1.807, 2.05) is 9.47 Å². The highest BCUT2D eigenvalue weighted by Crippen LogP contribution is 2.27. The zero-order valence-corrected chi connectivity index (χ0v) is 19.4. The van der Waals surface area contributed by atoms with Crippen LogP contribution >= 0.6 is 24.0 Å². The monoisotopic (exact) mass is 503 g/mol. The predicted octanol–water partition coefficient (Wildman–Crippen LogP) is 1.80. The Morgan fingerprint density at radius 2 is 2.07 bits per heavy atom. The first-order chi connectivity index (χ1) is 13.2. The minimum Gasteiger partial charge on any atom is -0.357 e. The van der Waals surface area contributed by atoms with Gasteiger partial charge in [0.15, 0.2) is 5.96 Å². The Hall–Kier alpha value is -1.39. The van der Waals surface area contributed by atoms with Crippen molar-refractivity contribution in [2.45, 2.75) is 65.0 Å². The number of carbonyl (C=O) groups excluding carboxylic acids is 1. The molecule has 8 nitrogen and oxygen atoms in total. The van der Waals surface area contributed by atoms with Gasteiger partial charge in [0.05, 0.1) is 6.54 Å². The van der Waals surface area contributed by atoms with Gasteiger partial charge in [0.2, 0.25) is 5.91 Å². The lowest BCUT2D eigenvalue weighted by molar-refractivity contribution is -0.134. The van der Waals surface area contributed by atoms with Gasteiger partial charge in [-0.3, -0.25) is 9.79 Å². The largest absolute Gasteiger partial charge is 0.357 e. The van der Waals surface area contributed by atoms with Crippen LogP contribution in [0.15, 0.2) is 11.3 Å². The van der Waals surface area contributed by atoms with Crippen molar-refractivity contribution in [3.63, 3.8) is 0 Å². The van der Waals surface area contributed by atoms with Gasteiger partial charge in [0.1, 0.15) is 12.2 Å². The van der Waals surface area contributed by atoms with Crippen molar-refractivity contribution in [2.75, 3.05) is 26.2 Å². The van der Waals surface area contributed by atoms with E-state index in [0.29, 0.717) is 12.5 Å². The van der Waals surface area contributed by atoms with Crippen LogP contribution in [0.4, 0.5) is 0 Å². The first-order valence-corrected chi connectivity index (χ1v) is 10.4. The highest BCUT2D eigenvalue weighted by atomic mass is 127. The van der Waals surface area contributed by atoms with Crippen molar-refractivity contribution < 1.29 is 4.79 Å². The van der Waals surface area contributed by atoms with Gasteiger partial charge >= 0.3 is 0 Å². The number of guanidine groups is 1. The van der Waals surface area contributed by atoms with Crippen LogP contribution in [0.3, 0.4) is 0 Å². The third kappa shape index (κ3) is 6.05. The van der Waals surface area contributed by atoms with Crippen LogP contribution in [0.25, 0.3) is 0 Å². The summed E-state index contributed by atoms with van der Waals surface area (Å²) in [7, 11) is 0. The Morgan fingerprint density at radius 1 is 1.29 bits per heavy atom. The molecular formula is C19H34IN7O. The zero-order valence-electron chi connectivity index (χ0n) is 17.1. The number of amides is 1. The predicted molar refractivity (Wildman–Crippen MR) is 121 cm³/mol. The van der Waals surface area contributed by atoms with Crippen LogP contribution in [0.2, 0.25) is 0 Å². The SMILES string of the molecule is CCNC(=NCCn1cnnc1CC)NC1CCN(C(=O)C2CCCC2)C1.I. The molecule has 158 valence electrons. The maximum Gasteiger partial charge on any atom is 0.225 e. The van der Waals surface area contributed by atoms with Gasteiger partial charge in [0, 0.05) is 44.6 Å². The standard InChI is InChI=1S/C19H33N7O.HI/c1-3-17-24-22-14-26(17)12-10-21-19(20-4-2)23-16-9-11-25(13-16)18(27)15-7-5-6-8-15;/h14-16H,3-13H2,1-2H3,(H2,20,21,23);1H. The molecule has 2 N–H and O–H groups in total. The average molecular weight is 503 g/mol. The van der Waals surface area contributed by atoms with Crippen molar-refractivity contribution in [3.05, 3.63) is 12.2 Å².